The van der Waals surface area contributed by atoms with Gasteiger partial charge in [-0.3, -0.25) is 0 Å². The largest absolute Gasteiger partial charge is 0.496 e. The molecule has 1 aromatic carbocycles. The maximum atomic E-state index is 5.40. The van der Waals surface area contributed by atoms with E-state index in [4.69, 9.17) is 4.74 Å². The Bertz CT molecular complexity index is 556. The van der Waals surface area contributed by atoms with Crippen molar-refractivity contribution in [3.8, 4) is 17.0 Å². The Morgan fingerprint density at radius 3 is 2.44 bits per heavy atom. The van der Waals surface area contributed by atoms with Crippen molar-refractivity contribution in [2.75, 3.05) is 7.11 Å². The number of H-pyrrole nitrogens is 1. The number of hydrogen-bond acceptors (Lipinski definition) is 2. The van der Waals surface area contributed by atoms with E-state index in [0.717, 1.165) is 28.5 Å². The third-order valence-electron chi connectivity index (χ3n) is 3.13. The van der Waals surface area contributed by atoms with Crippen LogP contribution in [-0.2, 0) is 0 Å². The van der Waals surface area contributed by atoms with E-state index in [1.165, 1.54) is 5.56 Å². The second-order valence-electron chi connectivity index (χ2n) is 4.91. The Morgan fingerprint density at radius 2 is 1.94 bits per heavy atom. The van der Waals surface area contributed by atoms with Gasteiger partial charge in [0.15, 0.2) is 0 Å². The molecule has 0 radical (unpaired) electrons. The number of imidazole rings is 1. The first kappa shape index (κ1) is 12.7. The lowest BCUT2D eigenvalue weighted by Crippen LogP contribution is -1.95. The second kappa shape index (κ2) is 4.84. The molecule has 1 aromatic heterocycles. The zero-order valence-corrected chi connectivity index (χ0v) is 11.7. The second-order valence-corrected chi connectivity index (χ2v) is 4.91. The van der Waals surface area contributed by atoms with Crippen molar-refractivity contribution in [2.24, 2.45) is 0 Å². The number of aryl methyl sites for hydroxylation is 2. The Morgan fingerprint density at radius 1 is 1.22 bits per heavy atom. The van der Waals surface area contributed by atoms with Gasteiger partial charge in [-0.1, -0.05) is 13.8 Å². The van der Waals surface area contributed by atoms with Crippen LogP contribution in [0.3, 0.4) is 0 Å². The Hall–Kier alpha value is -1.77. The van der Waals surface area contributed by atoms with Crippen LogP contribution in [0.25, 0.3) is 11.3 Å². The van der Waals surface area contributed by atoms with Gasteiger partial charge >= 0.3 is 0 Å². The zero-order chi connectivity index (χ0) is 13.3. The van der Waals surface area contributed by atoms with Gasteiger partial charge in [0.1, 0.15) is 11.6 Å². The van der Waals surface area contributed by atoms with Crippen molar-refractivity contribution < 1.29 is 4.74 Å². The first-order chi connectivity index (χ1) is 8.52. The van der Waals surface area contributed by atoms with Gasteiger partial charge in [-0.2, -0.15) is 0 Å². The van der Waals surface area contributed by atoms with Gasteiger partial charge < -0.3 is 9.72 Å². The van der Waals surface area contributed by atoms with Crippen LogP contribution in [0, 0.1) is 13.8 Å². The maximum absolute atomic E-state index is 5.40. The molecule has 0 aliphatic heterocycles. The number of nitrogens with one attached hydrogen (secondary N) is 1. The fourth-order valence-electron chi connectivity index (χ4n) is 2.22. The molecule has 3 nitrogen and oxygen atoms in total. The molecule has 0 unspecified atom stereocenters. The average Bonchev–Trinajstić information content (AvgIpc) is 2.67. The molecule has 0 spiro atoms. The first-order valence-electron chi connectivity index (χ1n) is 6.24. The number of aromatic amines is 1. The molecule has 18 heavy (non-hydrogen) atoms. The predicted molar refractivity (Wildman–Crippen MR) is 74.1 cm³/mol. The van der Waals surface area contributed by atoms with Crippen molar-refractivity contribution in [3.63, 3.8) is 0 Å². The molecule has 1 heterocycles. The van der Waals surface area contributed by atoms with Gasteiger partial charge in [-0.15, -0.1) is 0 Å². The van der Waals surface area contributed by atoms with Gasteiger partial charge in [-0.05, 0) is 43.5 Å². The molecule has 0 saturated carbocycles. The average molecular weight is 244 g/mol. The fourth-order valence-corrected chi connectivity index (χ4v) is 2.22. The van der Waals surface area contributed by atoms with E-state index < -0.39 is 0 Å². The summed E-state index contributed by atoms with van der Waals surface area (Å²) >= 11 is 0. The van der Waals surface area contributed by atoms with Crippen LogP contribution >= 0.6 is 0 Å². The summed E-state index contributed by atoms with van der Waals surface area (Å²) < 4.78 is 5.40. The van der Waals surface area contributed by atoms with Crippen molar-refractivity contribution in [3.05, 3.63) is 35.3 Å². The van der Waals surface area contributed by atoms with Crippen LogP contribution in [0.15, 0.2) is 18.2 Å². The molecule has 0 amide bonds. The third kappa shape index (κ3) is 2.26. The van der Waals surface area contributed by atoms with E-state index in [1.54, 1.807) is 7.11 Å². The van der Waals surface area contributed by atoms with Crippen LogP contribution in [0.4, 0.5) is 0 Å². The number of benzene rings is 1. The topological polar surface area (TPSA) is 37.9 Å². The smallest absolute Gasteiger partial charge is 0.122 e. The minimum Gasteiger partial charge on any atom is -0.496 e. The Labute approximate surface area is 108 Å². The van der Waals surface area contributed by atoms with E-state index in [-0.39, 0.29) is 0 Å². The number of aromatic nitrogens is 2. The summed E-state index contributed by atoms with van der Waals surface area (Å²) in [6.07, 6.45) is 0. The molecule has 2 rings (SSSR count). The number of hydrogen-bond donors (Lipinski definition) is 1. The normalized spacial score (nSPS) is 11.0. The first-order valence-corrected chi connectivity index (χ1v) is 6.24. The van der Waals surface area contributed by atoms with Crippen molar-refractivity contribution in [1.29, 1.82) is 0 Å². The molecule has 0 bridgehead atoms. The molecule has 0 aliphatic rings. The molecular formula is C15H20N2O. The number of rotatable bonds is 3. The summed E-state index contributed by atoms with van der Waals surface area (Å²) in [7, 11) is 1.71. The summed E-state index contributed by atoms with van der Waals surface area (Å²) in [5.74, 6) is 2.32. The number of ether oxygens (including phenoxy) is 1. The highest BCUT2D eigenvalue weighted by Crippen LogP contribution is 2.31. The van der Waals surface area contributed by atoms with Crippen LogP contribution in [0.2, 0.25) is 0 Å². The van der Waals surface area contributed by atoms with Gasteiger partial charge in [0.25, 0.3) is 0 Å². The van der Waals surface area contributed by atoms with Crippen LogP contribution in [0.5, 0.6) is 5.75 Å². The summed E-state index contributed by atoms with van der Waals surface area (Å²) in [5, 5.41) is 0. The van der Waals surface area contributed by atoms with Gasteiger partial charge in [-0.25, -0.2) is 4.98 Å². The van der Waals surface area contributed by atoms with E-state index >= 15 is 0 Å². The lowest BCUT2D eigenvalue weighted by molar-refractivity contribution is 0.407. The molecule has 1 N–H and O–H groups in total. The third-order valence-corrected chi connectivity index (χ3v) is 3.13. The molecule has 2 aromatic rings. The minimum absolute atomic E-state index is 0.431. The molecule has 0 fully saturated rings. The molecule has 3 heteroatoms. The van der Waals surface area contributed by atoms with Gasteiger partial charge in [0, 0.05) is 11.3 Å². The lowest BCUT2D eigenvalue weighted by atomic mass is 9.98. The summed E-state index contributed by atoms with van der Waals surface area (Å²) in [6, 6.07) is 6.26. The fraction of sp³-hybridized carbons (Fsp3) is 0.400. The highest BCUT2D eigenvalue weighted by atomic mass is 16.5. The Balaban J connectivity index is 2.53. The van der Waals surface area contributed by atoms with E-state index in [1.807, 2.05) is 13.0 Å². The van der Waals surface area contributed by atoms with E-state index in [2.05, 4.69) is 42.9 Å². The maximum Gasteiger partial charge on any atom is 0.122 e. The molecular weight excluding hydrogens is 224 g/mol. The Kier molecular flexibility index (Phi) is 3.41. The molecule has 96 valence electrons. The standard InChI is InChI=1S/C15H20N2O/c1-9(2)13-8-12(6-7-14(13)18-5)15-10(3)16-11(4)17-15/h6-9H,1-5H3,(H,16,17). The van der Waals surface area contributed by atoms with Crippen LogP contribution < -0.4 is 4.74 Å². The summed E-state index contributed by atoms with van der Waals surface area (Å²) in [5.41, 5.74) is 4.49. The predicted octanol–water partition coefficient (Wildman–Crippen LogP) is 3.83. The highest BCUT2D eigenvalue weighted by molar-refractivity contribution is 5.64. The van der Waals surface area contributed by atoms with Crippen molar-refractivity contribution in [2.45, 2.75) is 33.6 Å². The van der Waals surface area contributed by atoms with E-state index in [9.17, 15) is 0 Å². The summed E-state index contributed by atoms with van der Waals surface area (Å²) in [4.78, 5) is 7.78. The number of methoxy groups -OCH3 is 1. The highest BCUT2D eigenvalue weighted by Gasteiger charge is 2.12. The molecule has 0 atom stereocenters. The zero-order valence-electron chi connectivity index (χ0n) is 11.7. The quantitative estimate of drug-likeness (QED) is 0.891. The van der Waals surface area contributed by atoms with Crippen molar-refractivity contribution in [1.82, 2.24) is 9.97 Å². The van der Waals surface area contributed by atoms with Gasteiger partial charge in [0.05, 0.1) is 12.8 Å². The van der Waals surface area contributed by atoms with Crippen molar-refractivity contribution >= 4 is 0 Å². The monoisotopic (exact) mass is 244 g/mol. The summed E-state index contributed by atoms with van der Waals surface area (Å²) in [6.45, 7) is 8.37. The van der Waals surface area contributed by atoms with E-state index in [0.29, 0.717) is 5.92 Å². The molecule has 0 saturated heterocycles. The SMILES string of the molecule is COc1ccc(-c2nc(C)[nH]c2C)cc1C(C)C. The van der Waals surface area contributed by atoms with Gasteiger partial charge in [0.2, 0.25) is 0 Å². The lowest BCUT2D eigenvalue weighted by Gasteiger charge is -2.13. The minimum atomic E-state index is 0.431. The number of nitrogens with zero attached hydrogens (tertiary/aromatic N) is 1. The van der Waals surface area contributed by atoms with Crippen LogP contribution in [-0.4, -0.2) is 17.1 Å². The molecule has 0 aliphatic carbocycles. The van der Waals surface area contributed by atoms with Crippen LogP contribution in [0.1, 0.15) is 36.8 Å².